The van der Waals surface area contributed by atoms with Gasteiger partial charge in [0.2, 0.25) is 11.2 Å². The third kappa shape index (κ3) is 18.0. The Morgan fingerprint density at radius 3 is 1.48 bits per heavy atom. The van der Waals surface area contributed by atoms with Gasteiger partial charge in [-0.1, -0.05) is 129 Å². The normalized spacial score (nSPS) is 12.2. The number of halogens is 1. The van der Waals surface area contributed by atoms with Crippen molar-refractivity contribution in [3.05, 3.63) is 5.28 Å². The third-order valence-corrected chi connectivity index (χ3v) is 6.65. The lowest BCUT2D eigenvalue weighted by Gasteiger charge is -2.17. The molecule has 1 aromatic rings. The standard InChI is InChI=1S/C27H51ClN4O/c1-3-5-7-9-11-13-14-16-18-20-22-24(21-19-17-15-12-10-8-6-4-2)23-33-27-31-25(28)30-26(29)32-27/h24H,3-23H2,1-2H3,(H2,29,30,31,32). The number of nitrogens with two attached hydrogens (primary N) is 1. The zero-order valence-electron chi connectivity index (χ0n) is 21.6. The van der Waals surface area contributed by atoms with Crippen LogP contribution in [0.3, 0.4) is 0 Å². The Labute approximate surface area is 209 Å². The molecule has 0 amide bonds. The van der Waals surface area contributed by atoms with Gasteiger partial charge in [-0.25, -0.2) is 0 Å². The number of rotatable bonds is 23. The van der Waals surface area contributed by atoms with Crippen molar-refractivity contribution < 1.29 is 4.74 Å². The van der Waals surface area contributed by atoms with E-state index in [1.807, 2.05) is 0 Å². The predicted molar refractivity (Wildman–Crippen MR) is 142 cm³/mol. The first-order chi connectivity index (χ1) is 16.2. The van der Waals surface area contributed by atoms with Gasteiger partial charge in [-0.3, -0.25) is 0 Å². The van der Waals surface area contributed by atoms with Crippen LogP contribution in [-0.2, 0) is 0 Å². The average Bonchev–Trinajstić information content (AvgIpc) is 2.79. The highest BCUT2D eigenvalue weighted by Crippen LogP contribution is 2.21. The minimum Gasteiger partial charge on any atom is -0.463 e. The summed E-state index contributed by atoms with van der Waals surface area (Å²) in [6, 6.07) is 0.247. The number of unbranched alkanes of at least 4 members (excludes halogenated alkanes) is 16. The Balaban J connectivity index is 2.26. The Hall–Kier alpha value is -1.10. The maximum Gasteiger partial charge on any atom is 0.322 e. The zero-order valence-corrected chi connectivity index (χ0v) is 22.4. The van der Waals surface area contributed by atoms with Crippen LogP contribution in [0.2, 0.25) is 5.28 Å². The first kappa shape index (κ1) is 29.9. The quantitative estimate of drug-likeness (QED) is 0.157. The van der Waals surface area contributed by atoms with Gasteiger partial charge in [0.1, 0.15) is 0 Å². The number of aromatic nitrogens is 3. The SMILES string of the molecule is CCCCCCCCCCCCC(CCCCCCCCCC)COc1nc(N)nc(Cl)n1. The summed E-state index contributed by atoms with van der Waals surface area (Å²) >= 11 is 5.89. The van der Waals surface area contributed by atoms with Gasteiger partial charge in [0.15, 0.2) is 0 Å². The second kappa shape index (κ2) is 21.4. The fourth-order valence-electron chi connectivity index (χ4n) is 4.40. The van der Waals surface area contributed by atoms with Crippen LogP contribution in [0.1, 0.15) is 142 Å². The fraction of sp³-hybridized carbons (Fsp3) is 0.889. The number of anilines is 1. The molecule has 33 heavy (non-hydrogen) atoms. The van der Waals surface area contributed by atoms with E-state index in [0.29, 0.717) is 12.5 Å². The molecule has 0 aromatic carbocycles. The maximum atomic E-state index is 5.89. The summed E-state index contributed by atoms with van der Waals surface area (Å²) in [5.74, 6) is 0.648. The molecular weight excluding hydrogens is 432 g/mol. The molecule has 0 saturated carbocycles. The molecule has 0 aliphatic heterocycles. The summed E-state index contributed by atoms with van der Waals surface area (Å²) in [7, 11) is 0. The molecule has 0 aliphatic carbocycles. The van der Waals surface area contributed by atoms with Crippen molar-refractivity contribution in [2.75, 3.05) is 12.3 Å². The van der Waals surface area contributed by atoms with Crippen LogP contribution in [0, 0.1) is 5.92 Å². The van der Waals surface area contributed by atoms with Crippen molar-refractivity contribution >= 4 is 17.5 Å². The van der Waals surface area contributed by atoms with Crippen molar-refractivity contribution in [1.29, 1.82) is 0 Å². The molecule has 0 bridgehead atoms. The zero-order chi connectivity index (χ0) is 24.0. The summed E-state index contributed by atoms with van der Waals surface area (Å²) < 4.78 is 5.87. The van der Waals surface area contributed by atoms with Crippen LogP contribution in [0.25, 0.3) is 0 Å². The number of hydrogen-bond donors (Lipinski definition) is 1. The van der Waals surface area contributed by atoms with Crippen LogP contribution < -0.4 is 10.5 Å². The highest BCUT2D eigenvalue weighted by molar-refractivity contribution is 6.28. The first-order valence-electron chi connectivity index (χ1n) is 14.0. The Morgan fingerprint density at radius 2 is 1.06 bits per heavy atom. The van der Waals surface area contributed by atoms with E-state index in [0.717, 1.165) is 0 Å². The molecule has 0 fully saturated rings. The lowest BCUT2D eigenvalue weighted by molar-refractivity contribution is 0.209. The van der Waals surface area contributed by atoms with Crippen molar-refractivity contribution in [3.63, 3.8) is 0 Å². The number of nitrogen functional groups attached to an aromatic ring is 1. The average molecular weight is 483 g/mol. The highest BCUT2D eigenvalue weighted by atomic mass is 35.5. The second-order valence-corrected chi connectivity index (χ2v) is 9.99. The number of ether oxygens (including phenoxy) is 1. The van der Waals surface area contributed by atoms with Crippen LogP contribution >= 0.6 is 11.6 Å². The van der Waals surface area contributed by atoms with E-state index in [4.69, 9.17) is 22.1 Å². The van der Waals surface area contributed by atoms with E-state index >= 15 is 0 Å². The molecule has 5 nitrogen and oxygen atoms in total. The van der Waals surface area contributed by atoms with Gasteiger partial charge in [-0.05, 0) is 30.4 Å². The van der Waals surface area contributed by atoms with Crippen molar-refractivity contribution in [1.82, 2.24) is 15.0 Å². The summed E-state index contributed by atoms with van der Waals surface area (Å²) in [6.07, 6.45) is 26.9. The molecule has 0 saturated heterocycles. The topological polar surface area (TPSA) is 73.9 Å². The van der Waals surface area contributed by atoms with E-state index in [1.54, 1.807) is 0 Å². The van der Waals surface area contributed by atoms with Crippen LogP contribution in [-0.4, -0.2) is 21.6 Å². The van der Waals surface area contributed by atoms with E-state index in [-0.39, 0.29) is 17.2 Å². The minimum absolute atomic E-state index is 0.0896. The monoisotopic (exact) mass is 482 g/mol. The predicted octanol–water partition coefficient (Wildman–Crippen LogP) is 8.94. The van der Waals surface area contributed by atoms with Crippen LogP contribution in [0.5, 0.6) is 6.01 Å². The molecule has 1 unspecified atom stereocenters. The van der Waals surface area contributed by atoms with Gasteiger partial charge in [-0.15, -0.1) is 0 Å². The molecule has 1 atom stereocenters. The Kier molecular flexibility index (Phi) is 19.4. The first-order valence-corrected chi connectivity index (χ1v) is 14.3. The number of hydrogen-bond acceptors (Lipinski definition) is 5. The molecule has 0 radical (unpaired) electrons. The van der Waals surface area contributed by atoms with Crippen LogP contribution in [0.4, 0.5) is 5.95 Å². The summed E-state index contributed by atoms with van der Waals surface area (Å²) in [5, 5.41) is 0.0896. The van der Waals surface area contributed by atoms with Crippen LogP contribution in [0.15, 0.2) is 0 Å². The molecular formula is C27H51ClN4O. The van der Waals surface area contributed by atoms with Gasteiger partial charge in [-0.2, -0.15) is 15.0 Å². The van der Waals surface area contributed by atoms with Gasteiger partial charge in [0.25, 0.3) is 0 Å². The highest BCUT2D eigenvalue weighted by Gasteiger charge is 2.12. The second-order valence-electron chi connectivity index (χ2n) is 9.66. The number of nitrogens with zero attached hydrogens (tertiary/aromatic N) is 3. The summed E-state index contributed by atoms with van der Waals surface area (Å²) in [5.41, 5.74) is 5.67. The molecule has 192 valence electrons. The van der Waals surface area contributed by atoms with Crippen molar-refractivity contribution in [2.45, 2.75) is 142 Å². The van der Waals surface area contributed by atoms with E-state index in [9.17, 15) is 0 Å². The van der Waals surface area contributed by atoms with Gasteiger partial charge in [0, 0.05) is 0 Å². The molecule has 1 rings (SSSR count). The summed E-state index contributed by atoms with van der Waals surface area (Å²) in [4.78, 5) is 11.9. The smallest absolute Gasteiger partial charge is 0.322 e. The van der Waals surface area contributed by atoms with Gasteiger partial charge >= 0.3 is 6.01 Å². The van der Waals surface area contributed by atoms with Crippen molar-refractivity contribution in [2.24, 2.45) is 5.92 Å². The maximum absolute atomic E-state index is 5.89. The molecule has 6 heteroatoms. The Morgan fingerprint density at radius 1 is 0.636 bits per heavy atom. The van der Waals surface area contributed by atoms with Gasteiger partial charge in [0.05, 0.1) is 6.61 Å². The lowest BCUT2D eigenvalue weighted by Crippen LogP contribution is -2.14. The Bertz CT molecular complexity index is 553. The molecule has 0 spiro atoms. The third-order valence-electron chi connectivity index (χ3n) is 6.48. The summed E-state index contributed by atoms with van der Waals surface area (Å²) in [6.45, 7) is 5.19. The fourth-order valence-corrected chi connectivity index (χ4v) is 4.56. The largest absolute Gasteiger partial charge is 0.463 e. The molecule has 2 N–H and O–H groups in total. The van der Waals surface area contributed by atoms with E-state index in [1.165, 1.54) is 128 Å². The molecule has 1 heterocycles. The molecule has 0 aliphatic rings. The molecule has 1 aromatic heterocycles. The lowest BCUT2D eigenvalue weighted by atomic mass is 9.94. The van der Waals surface area contributed by atoms with E-state index < -0.39 is 0 Å². The van der Waals surface area contributed by atoms with Gasteiger partial charge < -0.3 is 10.5 Å². The van der Waals surface area contributed by atoms with E-state index in [2.05, 4.69) is 28.8 Å². The van der Waals surface area contributed by atoms with Crippen molar-refractivity contribution in [3.8, 4) is 6.01 Å². The minimum atomic E-state index is 0.0896.